The number of para-hydroxylation sites is 1. The highest BCUT2D eigenvalue weighted by Gasteiger charge is 2.18. The maximum Gasteiger partial charge on any atom is 0.426 e. The standard InChI is InChI=1S/C12H14N2O3/c1-3-13(12(15)16)14-10-7-5-4-6-9(10)8-11(14)17-2/h4-8H,3H2,1-2H3,(H,15,16). The third-order valence-electron chi connectivity index (χ3n) is 2.62. The van der Waals surface area contributed by atoms with E-state index in [-0.39, 0.29) is 0 Å². The topological polar surface area (TPSA) is 54.7 Å². The quantitative estimate of drug-likeness (QED) is 0.886. The van der Waals surface area contributed by atoms with Crippen LogP contribution in [-0.4, -0.2) is 29.5 Å². The van der Waals surface area contributed by atoms with Crippen molar-refractivity contribution in [3.05, 3.63) is 30.3 Å². The average Bonchev–Trinajstić information content (AvgIpc) is 2.69. The number of ether oxygens (including phenoxy) is 1. The molecule has 0 bridgehead atoms. The highest BCUT2D eigenvalue weighted by Crippen LogP contribution is 2.25. The Morgan fingerprint density at radius 2 is 2.18 bits per heavy atom. The number of hydrogen-bond acceptors (Lipinski definition) is 2. The number of carbonyl (C=O) groups is 1. The first-order valence-electron chi connectivity index (χ1n) is 5.34. The molecule has 0 unspecified atom stereocenters. The lowest BCUT2D eigenvalue weighted by Crippen LogP contribution is -2.39. The Hall–Kier alpha value is -2.17. The van der Waals surface area contributed by atoms with Crippen molar-refractivity contribution in [3.63, 3.8) is 0 Å². The van der Waals surface area contributed by atoms with Gasteiger partial charge in [0.05, 0.1) is 12.6 Å². The van der Waals surface area contributed by atoms with Gasteiger partial charge in [-0.1, -0.05) is 18.2 Å². The number of amides is 1. The SMILES string of the molecule is CCN(C(=O)O)n1c(OC)cc2ccccc21. The summed E-state index contributed by atoms with van der Waals surface area (Å²) in [5.74, 6) is 0.510. The van der Waals surface area contributed by atoms with Crippen LogP contribution in [0.5, 0.6) is 5.88 Å². The summed E-state index contributed by atoms with van der Waals surface area (Å²) < 4.78 is 6.79. The zero-order chi connectivity index (χ0) is 12.4. The molecule has 0 saturated carbocycles. The van der Waals surface area contributed by atoms with E-state index in [1.165, 1.54) is 12.1 Å². The van der Waals surface area contributed by atoms with Crippen molar-refractivity contribution in [1.82, 2.24) is 4.68 Å². The molecule has 5 nitrogen and oxygen atoms in total. The Bertz CT molecular complexity index is 548. The van der Waals surface area contributed by atoms with Gasteiger partial charge in [-0.2, -0.15) is 0 Å². The summed E-state index contributed by atoms with van der Waals surface area (Å²) in [4.78, 5) is 11.2. The summed E-state index contributed by atoms with van der Waals surface area (Å²) in [7, 11) is 1.53. The average molecular weight is 234 g/mol. The minimum absolute atomic E-state index is 0.352. The second-order valence-electron chi connectivity index (χ2n) is 3.56. The van der Waals surface area contributed by atoms with Crippen molar-refractivity contribution in [2.24, 2.45) is 0 Å². The molecule has 1 heterocycles. The van der Waals surface area contributed by atoms with Crippen molar-refractivity contribution >= 4 is 17.0 Å². The number of fused-ring (bicyclic) bond motifs is 1. The fourth-order valence-corrected chi connectivity index (χ4v) is 1.87. The summed E-state index contributed by atoms with van der Waals surface area (Å²) in [6, 6.07) is 9.38. The van der Waals surface area contributed by atoms with E-state index in [2.05, 4.69) is 0 Å². The van der Waals surface area contributed by atoms with E-state index in [9.17, 15) is 9.90 Å². The molecule has 17 heavy (non-hydrogen) atoms. The van der Waals surface area contributed by atoms with Gasteiger partial charge in [-0.05, 0) is 13.0 Å². The minimum atomic E-state index is -1.01. The maximum atomic E-state index is 11.2. The first kappa shape index (κ1) is 11.3. The van der Waals surface area contributed by atoms with Crippen LogP contribution in [0.25, 0.3) is 10.9 Å². The molecule has 0 aliphatic carbocycles. The van der Waals surface area contributed by atoms with Crippen molar-refractivity contribution in [3.8, 4) is 5.88 Å². The van der Waals surface area contributed by atoms with Gasteiger partial charge in [0.1, 0.15) is 0 Å². The van der Waals surface area contributed by atoms with Crippen molar-refractivity contribution in [2.45, 2.75) is 6.92 Å². The normalized spacial score (nSPS) is 10.5. The zero-order valence-corrected chi connectivity index (χ0v) is 9.75. The Kier molecular flexibility index (Phi) is 2.91. The van der Waals surface area contributed by atoms with Crippen LogP contribution >= 0.6 is 0 Å². The molecule has 0 aliphatic rings. The lowest BCUT2D eigenvalue weighted by Gasteiger charge is -2.21. The number of carboxylic acid groups (broad SMARTS) is 1. The number of aromatic nitrogens is 1. The molecule has 5 heteroatoms. The molecule has 1 aromatic carbocycles. The molecule has 0 radical (unpaired) electrons. The Balaban J connectivity index is 2.68. The van der Waals surface area contributed by atoms with Crippen LogP contribution in [0.2, 0.25) is 0 Å². The Morgan fingerprint density at radius 3 is 2.76 bits per heavy atom. The van der Waals surface area contributed by atoms with Crippen LogP contribution in [0.15, 0.2) is 30.3 Å². The van der Waals surface area contributed by atoms with Crippen LogP contribution in [0.4, 0.5) is 4.79 Å². The monoisotopic (exact) mass is 234 g/mol. The number of methoxy groups -OCH3 is 1. The molecular weight excluding hydrogens is 220 g/mol. The molecule has 0 fully saturated rings. The van der Waals surface area contributed by atoms with E-state index >= 15 is 0 Å². The van der Waals surface area contributed by atoms with E-state index in [1.54, 1.807) is 11.6 Å². The smallest absolute Gasteiger partial charge is 0.426 e. The van der Waals surface area contributed by atoms with Gasteiger partial charge in [0, 0.05) is 18.0 Å². The van der Waals surface area contributed by atoms with Crippen LogP contribution in [-0.2, 0) is 0 Å². The molecule has 2 rings (SSSR count). The maximum absolute atomic E-state index is 11.2. The molecule has 2 aromatic rings. The lowest BCUT2D eigenvalue weighted by molar-refractivity contribution is 0.194. The molecular formula is C12H14N2O3. The van der Waals surface area contributed by atoms with Gasteiger partial charge >= 0.3 is 6.09 Å². The number of rotatable bonds is 3. The first-order chi connectivity index (χ1) is 8.19. The summed E-state index contributed by atoms with van der Waals surface area (Å²) in [6.45, 7) is 2.13. The molecule has 0 saturated heterocycles. The Morgan fingerprint density at radius 1 is 1.47 bits per heavy atom. The molecule has 1 N–H and O–H groups in total. The molecule has 0 spiro atoms. The fraction of sp³-hybridized carbons (Fsp3) is 0.250. The summed E-state index contributed by atoms with van der Waals surface area (Å²) in [5, 5.41) is 11.3. The summed E-state index contributed by atoms with van der Waals surface area (Å²) in [5.41, 5.74) is 0.814. The molecule has 1 amide bonds. The number of nitrogens with zero attached hydrogens (tertiary/aromatic N) is 2. The molecule has 90 valence electrons. The van der Waals surface area contributed by atoms with Crippen molar-refractivity contribution in [2.75, 3.05) is 18.7 Å². The second kappa shape index (κ2) is 4.37. The van der Waals surface area contributed by atoms with Crippen LogP contribution in [0.3, 0.4) is 0 Å². The fourth-order valence-electron chi connectivity index (χ4n) is 1.87. The van der Waals surface area contributed by atoms with Gasteiger partial charge in [0.25, 0.3) is 0 Å². The van der Waals surface area contributed by atoms with E-state index in [1.807, 2.05) is 30.3 Å². The highest BCUT2D eigenvalue weighted by atomic mass is 16.5. The van der Waals surface area contributed by atoms with E-state index < -0.39 is 6.09 Å². The second-order valence-corrected chi connectivity index (χ2v) is 3.56. The first-order valence-corrected chi connectivity index (χ1v) is 5.34. The third kappa shape index (κ3) is 1.80. The molecule has 0 atom stereocenters. The predicted octanol–water partition coefficient (Wildman–Crippen LogP) is 2.29. The van der Waals surface area contributed by atoms with Crippen molar-refractivity contribution < 1.29 is 14.6 Å². The van der Waals surface area contributed by atoms with Gasteiger partial charge in [0.2, 0.25) is 5.88 Å². The van der Waals surface area contributed by atoms with Gasteiger partial charge in [-0.3, -0.25) is 0 Å². The summed E-state index contributed by atoms with van der Waals surface area (Å²) in [6.07, 6.45) is -1.01. The number of benzene rings is 1. The van der Waals surface area contributed by atoms with E-state index in [0.717, 1.165) is 10.9 Å². The van der Waals surface area contributed by atoms with Gasteiger partial charge < -0.3 is 9.84 Å². The van der Waals surface area contributed by atoms with E-state index in [4.69, 9.17) is 4.74 Å². The van der Waals surface area contributed by atoms with Crippen LogP contribution in [0.1, 0.15) is 6.92 Å². The van der Waals surface area contributed by atoms with Crippen LogP contribution < -0.4 is 9.75 Å². The Labute approximate surface area is 98.8 Å². The van der Waals surface area contributed by atoms with Crippen molar-refractivity contribution in [1.29, 1.82) is 0 Å². The molecule has 0 aliphatic heterocycles. The van der Waals surface area contributed by atoms with Gasteiger partial charge in [-0.15, -0.1) is 0 Å². The van der Waals surface area contributed by atoms with Gasteiger partial charge in [-0.25, -0.2) is 14.5 Å². The molecule has 1 aromatic heterocycles. The summed E-state index contributed by atoms with van der Waals surface area (Å²) >= 11 is 0. The van der Waals surface area contributed by atoms with Crippen LogP contribution in [0, 0.1) is 0 Å². The lowest BCUT2D eigenvalue weighted by atomic mass is 10.2. The number of hydrogen-bond donors (Lipinski definition) is 1. The van der Waals surface area contributed by atoms with E-state index in [0.29, 0.717) is 12.4 Å². The largest absolute Gasteiger partial charge is 0.481 e. The minimum Gasteiger partial charge on any atom is -0.481 e. The zero-order valence-electron chi connectivity index (χ0n) is 9.75. The third-order valence-corrected chi connectivity index (χ3v) is 2.62. The highest BCUT2D eigenvalue weighted by molar-refractivity contribution is 5.86. The van der Waals surface area contributed by atoms with Gasteiger partial charge in [0.15, 0.2) is 0 Å². The predicted molar refractivity (Wildman–Crippen MR) is 65.3 cm³/mol.